The van der Waals surface area contributed by atoms with E-state index in [1.807, 2.05) is 18.0 Å². The first kappa shape index (κ1) is 16.4. The Labute approximate surface area is 145 Å². The van der Waals surface area contributed by atoms with Crippen LogP contribution >= 0.6 is 35.0 Å². The minimum atomic E-state index is 0.160. The molecule has 1 aromatic rings. The first-order chi connectivity index (χ1) is 10.5. The number of nitrogens with one attached hydrogen (secondary N) is 1. The van der Waals surface area contributed by atoms with Gasteiger partial charge in [-0.1, -0.05) is 23.2 Å². The van der Waals surface area contributed by atoms with Crippen molar-refractivity contribution in [2.75, 3.05) is 12.8 Å². The molecule has 2 bridgehead atoms. The van der Waals surface area contributed by atoms with E-state index in [4.69, 9.17) is 23.2 Å². The van der Waals surface area contributed by atoms with Gasteiger partial charge in [0.25, 0.3) is 0 Å². The van der Waals surface area contributed by atoms with Gasteiger partial charge in [-0.15, -0.1) is 11.8 Å². The van der Waals surface area contributed by atoms with Gasteiger partial charge in [0.1, 0.15) is 0 Å². The van der Waals surface area contributed by atoms with E-state index < -0.39 is 0 Å². The number of nitrogens with zero attached hydrogens (tertiary/aromatic N) is 1. The van der Waals surface area contributed by atoms with Crippen LogP contribution in [0, 0.1) is 0 Å². The fourth-order valence-electron chi connectivity index (χ4n) is 3.38. The number of carbonyl (C=O) groups excluding carboxylic acids is 1. The summed E-state index contributed by atoms with van der Waals surface area (Å²) in [5, 5.41) is 4.89. The van der Waals surface area contributed by atoms with Crippen molar-refractivity contribution < 1.29 is 4.79 Å². The molecule has 3 rings (SSSR count). The number of fused-ring (bicyclic) bond motifs is 2. The number of piperidine rings is 1. The quantitative estimate of drug-likeness (QED) is 0.830. The van der Waals surface area contributed by atoms with Crippen LogP contribution in [0.25, 0.3) is 0 Å². The lowest BCUT2D eigenvalue weighted by Crippen LogP contribution is -2.49. The number of hydrogen-bond donors (Lipinski definition) is 1. The number of thioether (sulfide) groups is 1. The lowest BCUT2D eigenvalue weighted by molar-refractivity contribution is -0.129. The summed E-state index contributed by atoms with van der Waals surface area (Å²) in [6, 6.07) is 6.88. The topological polar surface area (TPSA) is 32.3 Å². The van der Waals surface area contributed by atoms with E-state index in [-0.39, 0.29) is 5.91 Å². The summed E-state index contributed by atoms with van der Waals surface area (Å²) in [6.07, 6.45) is 4.63. The Balaban J connectivity index is 1.56. The van der Waals surface area contributed by atoms with Gasteiger partial charge >= 0.3 is 0 Å². The van der Waals surface area contributed by atoms with Crippen molar-refractivity contribution >= 4 is 40.9 Å². The number of hydrogen-bond acceptors (Lipinski definition) is 3. The van der Waals surface area contributed by atoms with Crippen LogP contribution < -0.4 is 5.32 Å². The maximum atomic E-state index is 12.5. The third-order valence-electron chi connectivity index (χ3n) is 4.63. The maximum absolute atomic E-state index is 12.5. The smallest absolute Gasteiger partial charge is 0.232 e. The van der Waals surface area contributed by atoms with Crippen LogP contribution in [-0.4, -0.2) is 41.7 Å². The van der Waals surface area contributed by atoms with Gasteiger partial charge in [-0.05, 0) is 43.9 Å². The minimum Gasteiger partial charge on any atom is -0.342 e. The van der Waals surface area contributed by atoms with E-state index >= 15 is 0 Å². The van der Waals surface area contributed by atoms with Crippen molar-refractivity contribution in [3.8, 4) is 0 Å². The van der Waals surface area contributed by atoms with E-state index in [0.29, 0.717) is 33.9 Å². The highest BCUT2D eigenvalue weighted by atomic mass is 35.5. The number of benzene rings is 1. The standard InChI is InChI=1S/C16H20Cl2N2OS/c1-20(13-7-11-3-4-12(8-13)19-11)16(21)9-22-15-6-10(17)2-5-14(15)18/h2,5-6,11-13,19H,3-4,7-9H2,1H3. The second-order valence-corrected chi connectivity index (χ2v) is 7.99. The third-order valence-corrected chi connectivity index (χ3v) is 6.35. The molecule has 1 aromatic carbocycles. The van der Waals surface area contributed by atoms with Crippen molar-refractivity contribution in [2.24, 2.45) is 0 Å². The number of carbonyl (C=O) groups is 1. The summed E-state index contributed by atoms with van der Waals surface area (Å²) in [4.78, 5) is 15.2. The molecule has 2 unspecified atom stereocenters. The van der Waals surface area contributed by atoms with Gasteiger partial charge < -0.3 is 10.2 Å². The van der Waals surface area contributed by atoms with E-state index in [1.165, 1.54) is 24.6 Å². The number of rotatable bonds is 4. The molecule has 2 aliphatic heterocycles. The van der Waals surface area contributed by atoms with Crippen molar-refractivity contribution in [3.05, 3.63) is 28.2 Å². The Hall–Kier alpha value is -0.420. The van der Waals surface area contributed by atoms with Gasteiger partial charge in [-0.25, -0.2) is 0 Å². The fraction of sp³-hybridized carbons (Fsp3) is 0.562. The van der Waals surface area contributed by atoms with Gasteiger partial charge in [0, 0.05) is 35.1 Å². The molecule has 0 saturated carbocycles. The largest absolute Gasteiger partial charge is 0.342 e. The van der Waals surface area contributed by atoms with Crippen LogP contribution in [0.2, 0.25) is 10.0 Å². The first-order valence-corrected chi connectivity index (χ1v) is 9.36. The Bertz CT molecular complexity index is 557. The lowest BCUT2D eigenvalue weighted by atomic mass is 9.98. The number of halogens is 2. The second-order valence-electron chi connectivity index (χ2n) is 6.13. The first-order valence-electron chi connectivity index (χ1n) is 7.62. The molecule has 2 saturated heterocycles. The molecule has 2 fully saturated rings. The molecule has 1 amide bonds. The zero-order valence-electron chi connectivity index (χ0n) is 12.5. The van der Waals surface area contributed by atoms with Crippen LogP contribution in [0.5, 0.6) is 0 Å². The molecule has 6 heteroatoms. The molecule has 120 valence electrons. The zero-order valence-corrected chi connectivity index (χ0v) is 14.8. The maximum Gasteiger partial charge on any atom is 0.232 e. The Morgan fingerprint density at radius 1 is 1.32 bits per heavy atom. The Morgan fingerprint density at radius 2 is 2.00 bits per heavy atom. The van der Waals surface area contributed by atoms with Gasteiger partial charge in [0.2, 0.25) is 5.91 Å². The monoisotopic (exact) mass is 358 g/mol. The normalized spacial score (nSPS) is 27.0. The van der Waals surface area contributed by atoms with Crippen LogP contribution in [0.4, 0.5) is 0 Å². The SMILES string of the molecule is CN(C(=O)CSc1cc(Cl)ccc1Cl)C1CC2CCC(C1)N2. The molecule has 0 aromatic heterocycles. The van der Waals surface area contributed by atoms with Crippen LogP contribution in [0.1, 0.15) is 25.7 Å². The second kappa shape index (κ2) is 7.00. The summed E-state index contributed by atoms with van der Waals surface area (Å²) in [5.41, 5.74) is 0. The summed E-state index contributed by atoms with van der Waals surface area (Å²) >= 11 is 13.6. The van der Waals surface area contributed by atoms with E-state index in [2.05, 4.69) is 5.32 Å². The van der Waals surface area contributed by atoms with Crippen molar-refractivity contribution in [1.82, 2.24) is 10.2 Å². The molecule has 0 aliphatic carbocycles. The Kier molecular flexibility index (Phi) is 5.23. The molecular weight excluding hydrogens is 339 g/mol. The average Bonchev–Trinajstić information content (AvgIpc) is 2.85. The van der Waals surface area contributed by atoms with E-state index in [9.17, 15) is 4.79 Å². The number of amides is 1. The average molecular weight is 359 g/mol. The van der Waals surface area contributed by atoms with Gasteiger partial charge in [0.05, 0.1) is 10.8 Å². The van der Waals surface area contributed by atoms with Crippen molar-refractivity contribution in [2.45, 2.75) is 48.7 Å². The highest BCUT2D eigenvalue weighted by molar-refractivity contribution is 8.00. The predicted octanol–water partition coefficient (Wildman–Crippen LogP) is 3.83. The van der Waals surface area contributed by atoms with E-state index in [0.717, 1.165) is 17.7 Å². The molecule has 0 spiro atoms. The third kappa shape index (κ3) is 3.73. The molecule has 22 heavy (non-hydrogen) atoms. The highest BCUT2D eigenvalue weighted by Crippen LogP contribution is 2.32. The predicted molar refractivity (Wildman–Crippen MR) is 92.9 cm³/mol. The van der Waals surface area contributed by atoms with E-state index in [1.54, 1.807) is 12.1 Å². The van der Waals surface area contributed by atoms with Crippen LogP contribution in [-0.2, 0) is 4.79 Å². The molecule has 0 radical (unpaired) electrons. The molecule has 2 aliphatic rings. The molecule has 3 nitrogen and oxygen atoms in total. The van der Waals surface area contributed by atoms with Crippen molar-refractivity contribution in [1.29, 1.82) is 0 Å². The zero-order chi connectivity index (χ0) is 15.7. The fourth-order valence-corrected chi connectivity index (χ4v) is 4.79. The molecular formula is C16H20Cl2N2OS. The van der Waals surface area contributed by atoms with Crippen LogP contribution in [0.3, 0.4) is 0 Å². The molecule has 2 heterocycles. The minimum absolute atomic E-state index is 0.160. The molecule has 2 atom stereocenters. The van der Waals surface area contributed by atoms with Crippen LogP contribution in [0.15, 0.2) is 23.1 Å². The van der Waals surface area contributed by atoms with Crippen molar-refractivity contribution in [3.63, 3.8) is 0 Å². The summed E-state index contributed by atoms with van der Waals surface area (Å²) < 4.78 is 0. The van der Waals surface area contributed by atoms with Gasteiger partial charge in [0.15, 0.2) is 0 Å². The van der Waals surface area contributed by atoms with Gasteiger partial charge in [-0.2, -0.15) is 0 Å². The Morgan fingerprint density at radius 3 is 2.68 bits per heavy atom. The lowest BCUT2D eigenvalue weighted by Gasteiger charge is -2.35. The summed E-state index contributed by atoms with van der Waals surface area (Å²) in [6.45, 7) is 0. The van der Waals surface area contributed by atoms with Gasteiger partial charge in [-0.3, -0.25) is 4.79 Å². The summed E-state index contributed by atoms with van der Waals surface area (Å²) in [7, 11) is 1.93. The molecule has 1 N–H and O–H groups in total. The summed E-state index contributed by atoms with van der Waals surface area (Å²) in [5.74, 6) is 0.558. The highest BCUT2D eigenvalue weighted by Gasteiger charge is 2.36.